The predicted octanol–water partition coefficient (Wildman–Crippen LogP) is 2.94. The van der Waals surface area contributed by atoms with Crippen LogP contribution in [0.3, 0.4) is 0 Å². The van der Waals surface area contributed by atoms with Crippen LogP contribution in [-0.2, 0) is 0 Å². The van der Waals surface area contributed by atoms with Gasteiger partial charge in [-0.1, -0.05) is 11.6 Å². The molecule has 0 fully saturated rings. The number of allylic oxidation sites excluding steroid dienone is 3. The van der Waals surface area contributed by atoms with Crippen molar-refractivity contribution in [1.82, 2.24) is 14.4 Å². The smallest absolute Gasteiger partial charge is 0.143 e. The van der Waals surface area contributed by atoms with Crippen molar-refractivity contribution >= 4 is 43.7 Å². The normalized spacial score (nSPS) is 21.2. The third-order valence-corrected chi connectivity index (χ3v) is 3.85. The fraction of sp³-hybridized carbons (Fsp3) is 0.143. The van der Waals surface area contributed by atoms with Gasteiger partial charge >= 0.3 is 0 Å². The van der Waals surface area contributed by atoms with E-state index in [0.717, 1.165) is 16.1 Å². The van der Waals surface area contributed by atoms with Crippen LogP contribution in [0.5, 0.6) is 0 Å². The Kier molecular flexibility index (Phi) is 2.33. The highest BCUT2D eigenvalue weighted by Crippen LogP contribution is 2.38. The Balaban J connectivity index is 2.41. The van der Waals surface area contributed by atoms with E-state index in [0.29, 0.717) is 5.16 Å². The Hall–Kier alpha value is -0.130. The van der Waals surface area contributed by atoms with Crippen molar-refractivity contribution in [1.29, 1.82) is 0 Å². The van der Waals surface area contributed by atoms with Gasteiger partial charge in [-0.25, -0.2) is 5.01 Å². The van der Waals surface area contributed by atoms with Gasteiger partial charge in [-0.05, 0) is 35.0 Å². The quantitative estimate of drug-likeness (QED) is 0.545. The summed E-state index contributed by atoms with van der Waals surface area (Å²) in [6, 6.07) is 0. The lowest BCUT2D eigenvalue weighted by Gasteiger charge is -2.25. The number of hydrogen-bond donors (Lipinski definition) is 1. The number of nitrogens with one attached hydrogen (secondary N) is 1. The molecule has 0 radical (unpaired) electrons. The van der Waals surface area contributed by atoms with Crippen molar-refractivity contribution in [3.8, 4) is 0 Å². The maximum atomic E-state index is 5.83. The molecule has 0 spiro atoms. The van der Waals surface area contributed by atoms with Gasteiger partial charge in [-0.3, -0.25) is 9.35 Å². The summed E-state index contributed by atoms with van der Waals surface area (Å²) in [5, 5.41) is 2.45. The molecule has 6 heteroatoms. The summed E-state index contributed by atoms with van der Waals surface area (Å²) in [4.78, 5) is 0. The molecule has 0 saturated carbocycles. The number of hydrazine groups is 1. The molecule has 0 atom stereocenters. The molecule has 3 nitrogen and oxygen atoms in total. The maximum Gasteiger partial charge on any atom is 0.143 e. The average molecular weight is 327 g/mol. The molecule has 0 unspecified atom stereocenters. The highest BCUT2D eigenvalue weighted by Gasteiger charge is 2.30. The minimum atomic E-state index is 0.594. The van der Waals surface area contributed by atoms with Crippen LogP contribution >= 0.6 is 43.7 Å². The van der Waals surface area contributed by atoms with Gasteiger partial charge in [0, 0.05) is 0 Å². The van der Waals surface area contributed by atoms with Crippen LogP contribution in [0.1, 0.15) is 6.92 Å². The summed E-state index contributed by atoms with van der Waals surface area (Å²) >= 11 is 12.7. The molecular weight excluding hydrogens is 321 g/mol. The Morgan fingerprint density at radius 3 is 2.85 bits per heavy atom. The van der Waals surface area contributed by atoms with Gasteiger partial charge in [-0.15, -0.1) is 0 Å². The summed E-state index contributed by atoms with van der Waals surface area (Å²) in [7, 11) is 0. The van der Waals surface area contributed by atoms with Crippen molar-refractivity contribution in [3.05, 3.63) is 33.4 Å². The Morgan fingerprint density at radius 1 is 1.46 bits per heavy atom. The summed E-state index contributed by atoms with van der Waals surface area (Å²) in [5.74, 6) is 0.980. The monoisotopic (exact) mass is 325 g/mol. The lowest BCUT2D eigenvalue weighted by Crippen LogP contribution is -2.34. The lowest BCUT2D eigenvalue weighted by molar-refractivity contribution is 0.360. The Bertz CT molecular complexity index is 348. The van der Waals surface area contributed by atoms with Crippen LogP contribution in [0.15, 0.2) is 33.4 Å². The summed E-state index contributed by atoms with van der Waals surface area (Å²) < 4.78 is 2.84. The van der Waals surface area contributed by atoms with E-state index < -0.39 is 0 Å². The van der Waals surface area contributed by atoms with E-state index in [-0.39, 0.29) is 0 Å². The van der Waals surface area contributed by atoms with Gasteiger partial charge in [0.1, 0.15) is 15.6 Å². The van der Waals surface area contributed by atoms with E-state index in [2.05, 4.69) is 37.5 Å². The van der Waals surface area contributed by atoms with E-state index in [1.54, 1.807) is 6.08 Å². The first-order chi connectivity index (χ1) is 6.11. The minimum absolute atomic E-state index is 0.594. The van der Waals surface area contributed by atoms with Crippen LogP contribution < -0.4 is 5.43 Å². The van der Waals surface area contributed by atoms with Gasteiger partial charge < -0.3 is 0 Å². The molecular formula is C7H6Br2ClN3. The summed E-state index contributed by atoms with van der Waals surface area (Å²) in [5.41, 5.74) is 4.07. The maximum absolute atomic E-state index is 5.83. The van der Waals surface area contributed by atoms with Gasteiger partial charge in [0.15, 0.2) is 0 Å². The molecule has 0 bridgehead atoms. The molecule has 2 aliphatic rings. The predicted molar refractivity (Wildman–Crippen MR) is 59.4 cm³/mol. The van der Waals surface area contributed by atoms with Crippen LogP contribution in [-0.4, -0.2) is 8.93 Å². The second-order valence-corrected chi connectivity index (χ2v) is 4.51. The molecule has 0 aromatic rings. The van der Waals surface area contributed by atoms with Gasteiger partial charge in [0.25, 0.3) is 0 Å². The number of halogens is 3. The van der Waals surface area contributed by atoms with Crippen LogP contribution in [0.25, 0.3) is 0 Å². The molecule has 1 N–H and O–H groups in total. The van der Waals surface area contributed by atoms with E-state index in [1.165, 1.54) is 0 Å². The van der Waals surface area contributed by atoms with Gasteiger partial charge in [0.05, 0.1) is 21.8 Å². The van der Waals surface area contributed by atoms with E-state index in [1.807, 2.05) is 21.9 Å². The van der Waals surface area contributed by atoms with Gasteiger partial charge in [-0.2, -0.15) is 0 Å². The number of rotatable bonds is 0. The first-order valence-electron chi connectivity index (χ1n) is 3.58. The van der Waals surface area contributed by atoms with Gasteiger partial charge in [0.2, 0.25) is 0 Å². The van der Waals surface area contributed by atoms with Crippen molar-refractivity contribution in [2.45, 2.75) is 6.92 Å². The first kappa shape index (κ1) is 9.43. The SMILES string of the molecule is CC1=C(Br)N2NC(Cl)=CC=C2N1Br. The molecule has 0 aliphatic carbocycles. The van der Waals surface area contributed by atoms with E-state index in [4.69, 9.17) is 11.6 Å². The average Bonchev–Trinajstić information content (AvgIpc) is 2.32. The fourth-order valence-electron chi connectivity index (χ4n) is 1.14. The van der Waals surface area contributed by atoms with Crippen LogP contribution in [0.2, 0.25) is 0 Å². The lowest BCUT2D eigenvalue weighted by atomic mass is 10.5. The second kappa shape index (κ2) is 3.22. The zero-order chi connectivity index (χ0) is 9.59. The second-order valence-electron chi connectivity index (χ2n) is 2.64. The van der Waals surface area contributed by atoms with Crippen molar-refractivity contribution in [3.63, 3.8) is 0 Å². The topological polar surface area (TPSA) is 18.5 Å². The van der Waals surface area contributed by atoms with Crippen molar-refractivity contribution in [2.75, 3.05) is 0 Å². The molecule has 0 aromatic carbocycles. The number of nitrogens with zero attached hydrogens (tertiary/aromatic N) is 2. The fourth-order valence-corrected chi connectivity index (χ4v) is 2.42. The standard InChI is InChI=1S/C7H6Br2ClN3/c1-4-7(8)13-6(12(4)9)3-2-5(10)11-13/h2-3,11H,1H3. The molecule has 70 valence electrons. The van der Waals surface area contributed by atoms with E-state index >= 15 is 0 Å². The molecule has 0 amide bonds. The third-order valence-electron chi connectivity index (χ3n) is 1.82. The zero-order valence-electron chi connectivity index (χ0n) is 6.68. The molecule has 2 rings (SSSR count). The molecule has 0 aromatic heterocycles. The molecule has 13 heavy (non-hydrogen) atoms. The van der Waals surface area contributed by atoms with Crippen molar-refractivity contribution < 1.29 is 0 Å². The first-order valence-corrected chi connectivity index (χ1v) is 5.46. The molecule has 2 heterocycles. The zero-order valence-corrected chi connectivity index (χ0v) is 10.6. The number of fused-ring (bicyclic) bond motifs is 1. The Labute approximate surface area is 98.1 Å². The minimum Gasteiger partial charge on any atom is -0.281 e. The summed E-state index contributed by atoms with van der Waals surface area (Å²) in [6.45, 7) is 1.99. The summed E-state index contributed by atoms with van der Waals surface area (Å²) in [6.07, 6.45) is 3.73. The third kappa shape index (κ3) is 1.39. The van der Waals surface area contributed by atoms with Crippen molar-refractivity contribution in [2.24, 2.45) is 0 Å². The van der Waals surface area contributed by atoms with Crippen LogP contribution in [0.4, 0.5) is 0 Å². The highest BCUT2D eigenvalue weighted by atomic mass is 79.9. The molecule has 2 aliphatic heterocycles. The van der Waals surface area contributed by atoms with E-state index in [9.17, 15) is 0 Å². The molecule has 0 saturated heterocycles. The Morgan fingerprint density at radius 2 is 2.15 bits per heavy atom. The number of hydrogen-bond acceptors (Lipinski definition) is 3. The highest BCUT2D eigenvalue weighted by molar-refractivity contribution is 9.11. The largest absolute Gasteiger partial charge is 0.281 e. The van der Waals surface area contributed by atoms with Crippen LogP contribution in [0, 0.1) is 0 Å².